The summed E-state index contributed by atoms with van der Waals surface area (Å²) in [5.74, 6) is 0. The van der Waals surface area contributed by atoms with Crippen LogP contribution in [0.4, 0.5) is 0 Å². The minimum atomic E-state index is 1.22. The first kappa shape index (κ1) is 5.70. The Balaban J connectivity index is 3.07. The van der Waals surface area contributed by atoms with Crippen LogP contribution in [0.5, 0.6) is 0 Å². The molecule has 0 atom stereocenters. The van der Waals surface area contributed by atoms with E-state index in [2.05, 4.69) is 4.99 Å². The summed E-state index contributed by atoms with van der Waals surface area (Å²) in [5, 5.41) is 0. The van der Waals surface area contributed by atoms with E-state index in [1.165, 1.54) is 5.67 Å². The topological polar surface area (TPSA) is 12.4 Å². The fourth-order valence-corrected chi connectivity index (χ4v) is 0.184. The number of hydrogen-bond acceptors (Lipinski definition) is 1. The molecule has 0 aliphatic rings. The lowest BCUT2D eigenvalue weighted by Gasteiger charge is -1.62. The Hall–Kier alpha value is -0.300. The minimum Gasteiger partial charge on any atom is -0.253 e. The SMILES string of the molecule is CC=CN=CCl. The molecule has 0 aliphatic carbocycles. The molecule has 34 valence electrons. The van der Waals surface area contributed by atoms with E-state index in [0.717, 1.165) is 0 Å². The van der Waals surface area contributed by atoms with Gasteiger partial charge in [0, 0.05) is 6.20 Å². The lowest BCUT2D eigenvalue weighted by molar-refractivity contribution is 1.56. The van der Waals surface area contributed by atoms with Crippen molar-refractivity contribution in [3.63, 3.8) is 0 Å². The van der Waals surface area contributed by atoms with Crippen molar-refractivity contribution in [2.45, 2.75) is 6.92 Å². The van der Waals surface area contributed by atoms with Gasteiger partial charge in [-0.1, -0.05) is 17.7 Å². The van der Waals surface area contributed by atoms with Crippen molar-refractivity contribution in [1.82, 2.24) is 0 Å². The van der Waals surface area contributed by atoms with E-state index in [0.29, 0.717) is 0 Å². The van der Waals surface area contributed by atoms with Crippen LogP contribution < -0.4 is 0 Å². The molecule has 0 saturated carbocycles. The molecule has 1 nitrogen and oxygen atoms in total. The van der Waals surface area contributed by atoms with Crippen molar-refractivity contribution in [3.8, 4) is 0 Å². The molecule has 0 bridgehead atoms. The maximum Gasteiger partial charge on any atom is 0.0926 e. The predicted molar refractivity (Wildman–Crippen MR) is 29.2 cm³/mol. The molecule has 0 spiro atoms. The summed E-state index contributed by atoms with van der Waals surface area (Å²) in [7, 11) is 0. The van der Waals surface area contributed by atoms with E-state index in [-0.39, 0.29) is 0 Å². The van der Waals surface area contributed by atoms with E-state index in [1.54, 1.807) is 12.3 Å². The van der Waals surface area contributed by atoms with Gasteiger partial charge in [0.05, 0.1) is 5.67 Å². The maximum atomic E-state index is 5.04. The second-order valence-electron chi connectivity index (χ2n) is 0.729. The summed E-state index contributed by atoms with van der Waals surface area (Å²) in [5.41, 5.74) is 1.22. The molecule has 0 rings (SSSR count). The molecule has 0 aromatic heterocycles. The van der Waals surface area contributed by atoms with Crippen molar-refractivity contribution < 1.29 is 0 Å². The smallest absolute Gasteiger partial charge is 0.0926 e. The number of rotatable bonds is 1. The Bertz CT molecular complexity index is 55.9. The molecule has 6 heavy (non-hydrogen) atoms. The molecular weight excluding hydrogens is 97.5 g/mol. The van der Waals surface area contributed by atoms with E-state index in [1.807, 2.05) is 6.92 Å². The Morgan fingerprint density at radius 2 is 2.33 bits per heavy atom. The lowest BCUT2D eigenvalue weighted by Crippen LogP contribution is -1.45. The third-order valence-electron chi connectivity index (χ3n) is 0.291. The van der Waals surface area contributed by atoms with Gasteiger partial charge in [0.25, 0.3) is 0 Å². The summed E-state index contributed by atoms with van der Waals surface area (Å²) >= 11 is 5.04. The zero-order valence-corrected chi connectivity index (χ0v) is 4.31. The van der Waals surface area contributed by atoms with Crippen LogP contribution in [0.25, 0.3) is 0 Å². The van der Waals surface area contributed by atoms with Gasteiger partial charge in [-0.3, -0.25) is 4.99 Å². The van der Waals surface area contributed by atoms with Gasteiger partial charge in [-0.2, -0.15) is 0 Å². The highest BCUT2D eigenvalue weighted by Gasteiger charge is 1.50. The first-order valence-corrected chi connectivity index (χ1v) is 2.08. The summed E-state index contributed by atoms with van der Waals surface area (Å²) in [4.78, 5) is 3.55. The monoisotopic (exact) mass is 103 g/mol. The van der Waals surface area contributed by atoms with Gasteiger partial charge in [-0.25, -0.2) is 0 Å². The zero-order valence-electron chi connectivity index (χ0n) is 3.56. The van der Waals surface area contributed by atoms with Crippen LogP contribution in [0, 0.1) is 0 Å². The number of allylic oxidation sites excluding steroid dienone is 1. The predicted octanol–water partition coefficient (Wildman–Crippen LogP) is 1.79. The summed E-state index contributed by atoms with van der Waals surface area (Å²) in [6, 6.07) is 0. The van der Waals surface area contributed by atoms with Crippen molar-refractivity contribution in [2.24, 2.45) is 4.99 Å². The van der Waals surface area contributed by atoms with Crippen molar-refractivity contribution in [3.05, 3.63) is 12.3 Å². The van der Waals surface area contributed by atoms with Crippen LogP contribution in [0.2, 0.25) is 0 Å². The Kier molecular flexibility index (Phi) is 4.47. The lowest BCUT2D eigenvalue weighted by atomic mass is 10.7. The zero-order chi connectivity index (χ0) is 4.83. The Morgan fingerprint density at radius 3 is 2.50 bits per heavy atom. The van der Waals surface area contributed by atoms with Gasteiger partial charge in [0.15, 0.2) is 0 Å². The molecule has 0 aromatic rings. The number of nitrogens with zero attached hydrogens (tertiary/aromatic N) is 1. The Labute approximate surface area is 42.3 Å². The molecule has 0 unspecified atom stereocenters. The van der Waals surface area contributed by atoms with Gasteiger partial charge in [-0.15, -0.1) is 0 Å². The van der Waals surface area contributed by atoms with Crippen LogP contribution in [-0.2, 0) is 0 Å². The van der Waals surface area contributed by atoms with Gasteiger partial charge < -0.3 is 0 Å². The summed E-state index contributed by atoms with van der Waals surface area (Å²) < 4.78 is 0. The fraction of sp³-hybridized carbons (Fsp3) is 0.250. The van der Waals surface area contributed by atoms with E-state index < -0.39 is 0 Å². The van der Waals surface area contributed by atoms with Crippen molar-refractivity contribution >= 4 is 17.3 Å². The van der Waals surface area contributed by atoms with Crippen LogP contribution in [0.1, 0.15) is 6.92 Å². The fourth-order valence-electron chi connectivity index (χ4n) is 0.119. The van der Waals surface area contributed by atoms with Gasteiger partial charge in [0.1, 0.15) is 0 Å². The molecule has 0 heterocycles. The molecule has 0 aromatic carbocycles. The van der Waals surface area contributed by atoms with Crippen LogP contribution >= 0.6 is 11.6 Å². The van der Waals surface area contributed by atoms with E-state index in [9.17, 15) is 0 Å². The van der Waals surface area contributed by atoms with Crippen LogP contribution in [0.3, 0.4) is 0 Å². The molecular formula is C4H6ClN. The van der Waals surface area contributed by atoms with E-state index in [4.69, 9.17) is 11.6 Å². The second-order valence-corrected chi connectivity index (χ2v) is 0.924. The van der Waals surface area contributed by atoms with Crippen molar-refractivity contribution in [2.75, 3.05) is 0 Å². The van der Waals surface area contributed by atoms with Crippen LogP contribution in [0.15, 0.2) is 17.3 Å². The highest BCUT2D eigenvalue weighted by Crippen LogP contribution is 1.70. The summed E-state index contributed by atoms with van der Waals surface area (Å²) in [6.45, 7) is 1.88. The molecule has 0 aliphatic heterocycles. The Morgan fingerprint density at radius 1 is 1.67 bits per heavy atom. The molecule has 0 saturated heterocycles. The van der Waals surface area contributed by atoms with Crippen molar-refractivity contribution in [1.29, 1.82) is 0 Å². The number of aliphatic imine (C=N–C) groups is 1. The van der Waals surface area contributed by atoms with Gasteiger partial charge in [-0.05, 0) is 6.92 Å². The number of hydrogen-bond donors (Lipinski definition) is 0. The first-order valence-electron chi connectivity index (χ1n) is 1.65. The average Bonchev–Trinajstić information content (AvgIpc) is 1.61. The molecule has 0 fully saturated rings. The normalized spacial score (nSPS) is 11.7. The third kappa shape index (κ3) is 3.70. The quantitative estimate of drug-likeness (QED) is 0.449. The number of halogens is 1. The van der Waals surface area contributed by atoms with Gasteiger partial charge in [0.2, 0.25) is 0 Å². The molecule has 0 N–H and O–H groups in total. The minimum absolute atomic E-state index is 1.22. The standard InChI is InChI=1S/C4H6ClN/c1-2-3-6-4-5/h2-4H,1H3. The second kappa shape index (κ2) is 4.70. The summed E-state index contributed by atoms with van der Waals surface area (Å²) in [6.07, 6.45) is 3.42. The van der Waals surface area contributed by atoms with Gasteiger partial charge >= 0.3 is 0 Å². The average molecular weight is 104 g/mol. The molecule has 0 amide bonds. The highest BCUT2D eigenvalue weighted by molar-refractivity contribution is 6.56. The third-order valence-corrected chi connectivity index (χ3v) is 0.404. The highest BCUT2D eigenvalue weighted by atomic mass is 35.5. The molecule has 0 radical (unpaired) electrons. The maximum absolute atomic E-state index is 5.04. The first-order chi connectivity index (χ1) is 2.91. The van der Waals surface area contributed by atoms with E-state index >= 15 is 0 Å². The van der Waals surface area contributed by atoms with Crippen LogP contribution in [-0.4, -0.2) is 5.67 Å². The largest absolute Gasteiger partial charge is 0.253 e. The molecule has 2 heteroatoms.